The summed E-state index contributed by atoms with van der Waals surface area (Å²) in [5.74, 6) is 1.41. The predicted molar refractivity (Wildman–Crippen MR) is 111 cm³/mol. The van der Waals surface area contributed by atoms with Gasteiger partial charge in [-0.2, -0.15) is 5.10 Å². The first-order valence-corrected chi connectivity index (χ1v) is 9.67. The molecule has 1 aromatic heterocycles. The summed E-state index contributed by atoms with van der Waals surface area (Å²) in [6, 6.07) is 14.7. The van der Waals surface area contributed by atoms with Crippen LogP contribution in [0.3, 0.4) is 0 Å². The fraction of sp³-hybridized carbons (Fsp3) is 0.158. The first-order valence-electron chi connectivity index (χ1n) is 8.31. The highest BCUT2D eigenvalue weighted by atomic mass is 35.5. The zero-order valence-corrected chi connectivity index (χ0v) is 16.9. The first-order chi connectivity index (χ1) is 13.6. The van der Waals surface area contributed by atoms with E-state index in [1.807, 2.05) is 48.0 Å². The minimum absolute atomic E-state index is 0.173. The largest absolute Gasteiger partial charge is 0.497 e. The van der Waals surface area contributed by atoms with Gasteiger partial charge in [-0.1, -0.05) is 23.4 Å². The van der Waals surface area contributed by atoms with E-state index < -0.39 is 0 Å². The second-order valence-corrected chi connectivity index (χ2v) is 7.11. The SMILES string of the molecule is COc1ccc(C=NNC(=O)CSc2nnc(-c3ccc(Cl)cc3)n2C)cc1. The summed E-state index contributed by atoms with van der Waals surface area (Å²) >= 11 is 7.20. The molecule has 1 heterocycles. The number of rotatable bonds is 7. The van der Waals surface area contributed by atoms with Crippen LogP contribution in [-0.2, 0) is 11.8 Å². The molecule has 0 spiro atoms. The van der Waals surface area contributed by atoms with Crippen molar-refractivity contribution in [2.75, 3.05) is 12.9 Å². The molecule has 1 amide bonds. The van der Waals surface area contributed by atoms with E-state index in [0.29, 0.717) is 16.0 Å². The van der Waals surface area contributed by atoms with Crippen LogP contribution in [0.2, 0.25) is 5.02 Å². The number of amides is 1. The van der Waals surface area contributed by atoms with Crippen LogP contribution < -0.4 is 10.2 Å². The van der Waals surface area contributed by atoms with Gasteiger partial charge in [-0.05, 0) is 54.1 Å². The summed E-state index contributed by atoms with van der Waals surface area (Å²) in [4.78, 5) is 12.0. The minimum Gasteiger partial charge on any atom is -0.497 e. The van der Waals surface area contributed by atoms with Gasteiger partial charge in [-0.25, -0.2) is 5.43 Å². The summed E-state index contributed by atoms with van der Waals surface area (Å²) in [6.07, 6.45) is 1.57. The zero-order chi connectivity index (χ0) is 19.9. The van der Waals surface area contributed by atoms with Crippen LogP contribution in [0.15, 0.2) is 58.8 Å². The summed E-state index contributed by atoms with van der Waals surface area (Å²) in [7, 11) is 3.46. The number of hydrogen-bond donors (Lipinski definition) is 1. The molecule has 0 atom stereocenters. The highest BCUT2D eigenvalue weighted by molar-refractivity contribution is 7.99. The third-order valence-electron chi connectivity index (χ3n) is 3.79. The first kappa shape index (κ1) is 19.9. The highest BCUT2D eigenvalue weighted by Gasteiger charge is 2.12. The molecule has 0 unspecified atom stereocenters. The van der Waals surface area contributed by atoms with Crippen molar-refractivity contribution in [2.45, 2.75) is 5.16 Å². The van der Waals surface area contributed by atoms with Gasteiger partial charge in [0, 0.05) is 17.6 Å². The third-order valence-corrected chi connectivity index (χ3v) is 5.06. The fourth-order valence-corrected chi connectivity index (χ4v) is 3.15. The molecular formula is C19H18ClN5O2S. The number of ether oxygens (including phenoxy) is 1. The Morgan fingerprint density at radius 2 is 1.93 bits per heavy atom. The van der Waals surface area contributed by atoms with Crippen molar-refractivity contribution in [1.82, 2.24) is 20.2 Å². The van der Waals surface area contributed by atoms with Gasteiger partial charge < -0.3 is 9.30 Å². The van der Waals surface area contributed by atoms with E-state index in [2.05, 4.69) is 20.7 Å². The van der Waals surface area contributed by atoms with Crippen LogP contribution in [0.1, 0.15) is 5.56 Å². The zero-order valence-electron chi connectivity index (χ0n) is 15.3. The van der Waals surface area contributed by atoms with Crippen LogP contribution in [0.5, 0.6) is 5.75 Å². The monoisotopic (exact) mass is 415 g/mol. The third kappa shape index (κ3) is 5.11. The summed E-state index contributed by atoms with van der Waals surface area (Å²) in [5.41, 5.74) is 4.26. The molecule has 0 radical (unpaired) electrons. The smallest absolute Gasteiger partial charge is 0.250 e. The van der Waals surface area contributed by atoms with Crippen LogP contribution in [0, 0.1) is 0 Å². The summed E-state index contributed by atoms with van der Waals surface area (Å²) in [6.45, 7) is 0. The van der Waals surface area contributed by atoms with E-state index >= 15 is 0 Å². The molecule has 9 heteroatoms. The molecule has 0 aliphatic heterocycles. The van der Waals surface area contributed by atoms with Gasteiger partial charge in [0.25, 0.3) is 5.91 Å². The Labute approximate surface area is 171 Å². The van der Waals surface area contributed by atoms with E-state index in [-0.39, 0.29) is 11.7 Å². The molecule has 7 nitrogen and oxygen atoms in total. The molecule has 3 aromatic rings. The van der Waals surface area contributed by atoms with Gasteiger partial charge in [0.15, 0.2) is 11.0 Å². The van der Waals surface area contributed by atoms with E-state index in [4.69, 9.17) is 16.3 Å². The molecule has 2 aromatic carbocycles. The number of hydrazone groups is 1. The van der Waals surface area contributed by atoms with Gasteiger partial charge in [-0.3, -0.25) is 4.79 Å². The number of aromatic nitrogens is 3. The lowest BCUT2D eigenvalue weighted by molar-refractivity contribution is -0.118. The number of halogens is 1. The molecule has 3 rings (SSSR count). The van der Waals surface area contributed by atoms with Crippen LogP contribution >= 0.6 is 23.4 Å². The van der Waals surface area contributed by atoms with Gasteiger partial charge in [0.2, 0.25) is 0 Å². The van der Waals surface area contributed by atoms with Gasteiger partial charge in [0.1, 0.15) is 5.75 Å². The van der Waals surface area contributed by atoms with Crippen molar-refractivity contribution in [3.8, 4) is 17.1 Å². The summed E-state index contributed by atoms with van der Waals surface area (Å²) in [5, 5.41) is 13.6. The Hall–Kier alpha value is -2.84. The van der Waals surface area contributed by atoms with Crippen molar-refractivity contribution >= 4 is 35.5 Å². The maximum absolute atomic E-state index is 12.0. The van der Waals surface area contributed by atoms with Gasteiger partial charge in [-0.15, -0.1) is 10.2 Å². The molecule has 0 saturated carbocycles. The number of nitrogens with one attached hydrogen (secondary N) is 1. The molecule has 0 fully saturated rings. The van der Waals surface area contributed by atoms with Crippen molar-refractivity contribution in [2.24, 2.45) is 12.1 Å². The van der Waals surface area contributed by atoms with Crippen LogP contribution in [0.25, 0.3) is 11.4 Å². The molecular weight excluding hydrogens is 398 g/mol. The van der Waals surface area contributed by atoms with Crippen molar-refractivity contribution < 1.29 is 9.53 Å². The number of carbonyl (C=O) groups is 1. The number of hydrogen-bond acceptors (Lipinski definition) is 6. The normalized spacial score (nSPS) is 11.0. The number of methoxy groups -OCH3 is 1. The minimum atomic E-state index is -0.231. The average molecular weight is 416 g/mol. The maximum Gasteiger partial charge on any atom is 0.250 e. The molecule has 28 heavy (non-hydrogen) atoms. The second kappa shape index (κ2) is 9.38. The number of thioether (sulfide) groups is 1. The van der Waals surface area contributed by atoms with Crippen LogP contribution in [0.4, 0.5) is 0 Å². The van der Waals surface area contributed by atoms with E-state index in [1.165, 1.54) is 11.8 Å². The van der Waals surface area contributed by atoms with Gasteiger partial charge in [0.05, 0.1) is 19.1 Å². The van der Waals surface area contributed by atoms with E-state index in [0.717, 1.165) is 16.9 Å². The lowest BCUT2D eigenvalue weighted by Gasteiger charge is -2.04. The average Bonchev–Trinajstić information content (AvgIpc) is 3.08. The van der Waals surface area contributed by atoms with Crippen LogP contribution in [-0.4, -0.2) is 39.7 Å². The quantitative estimate of drug-likeness (QED) is 0.363. The van der Waals surface area contributed by atoms with E-state index in [9.17, 15) is 4.79 Å². The fourth-order valence-electron chi connectivity index (χ4n) is 2.32. The Kier molecular flexibility index (Phi) is 6.67. The van der Waals surface area contributed by atoms with Crippen molar-refractivity contribution in [1.29, 1.82) is 0 Å². The number of carbonyl (C=O) groups excluding carboxylic acids is 1. The predicted octanol–water partition coefficient (Wildman–Crippen LogP) is 3.39. The molecule has 0 bridgehead atoms. The molecule has 1 N–H and O–H groups in total. The number of benzene rings is 2. The Bertz CT molecular complexity index is 971. The maximum atomic E-state index is 12.0. The Morgan fingerprint density at radius 1 is 1.21 bits per heavy atom. The van der Waals surface area contributed by atoms with Crippen molar-refractivity contribution in [3.05, 3.63) is 59.1 Å². The highest BCUT2D eigenvalue weighted by Crippen LogP contribution is 2.23. The topological polar surface area (TPSA) is 81.4 Å². The molecule has 0 aliphatic carbocycles. The molecule has 0 aliphatic rings. The lowest BCUT2D eigenvalue weighted by atomic mass is 10.2. The standard InChI is InChI=1S/C19H18ClN5O2S/c1-25-18(14-5-7-15(20)8-6-14)23-24-19(25)28-12-17(26)22-21-11-13-3-9-16(27-2)10-4-13/h3-11H,12H2,1-2H3,(H,22,26). The Balaban J connectivity index is 1.53. The number of nitrogens with zero attached hydrogens (tertiary/aromatic N) is 4. The van der Waals surface area contributed by atoms with Crippen molar-refractivity contribution in [3.63, 3.8) is 0 Å². The molecule has 144 valence electrons. The lowest BCUT2D eigenvalue weighted by Crippen LogP contribution is -2.19. The summed E-state index contributed by atoms with van der Waals surface area (Å²) < 4.78 is 6.93. The second-order valence-electron chi connectivity index (χ2n) is 5.73. The van der Waals surface area contributed by atoms with E-state index in [1.54, 1.807) is 25.5 Å². The van der Waals surface area contributed by atoms with Gasteiger partial charge >= 0.3 is 0 Å². The molecule has 0 saturated heterocycles. The Morgan fingerprint density at radius 3 is 2.61 bits per heavy atom.